The van der Waals surface area contributed by atoms with Crippen LogP contribution >= 0.6 is 34.9 Å². The number of esters is 1. The van der Waals surface area contributed by atoms with Gasteiger partial charge in [0.1, 0.15) is 22.9 Å². The van der Waals surface area contributed by atoms with E-state index in [1.807, 2.05) is 13.8 Å². The standard InChI is InChI=1S/C23H30N2O7S3/c1-5-15(6-2)19(28)21-18(25-23(24)35-21)16-7-8-17(32-16)20(30-9-11-33-13(3)26)22(29)31-10-12-34-14(4)27/h7-8,15,20H,5-6,9-12H2,1-4H3,(H2,24,25). The number of nitrogens with two attached hydrogens (primary N) is 1. The molecule has 0 saturated carbocycles. The number of nitrogens with zero attached hydrogens (tertiary/aromatic N) is 1. The molecule has 12 heteroatoms. The Morgan fingerprint density at radius 2 is 1.69 bits per heavy atom. The first kappa shape index (κ1) is 29.1. The third-order valence-corrected chi connectivity index (χ3v) is 7.32. The number of thioether (sulfide) groups is 2. The molecule has 0 bridgehead atoms. The number of ether oxygens (including phenoxy) is 2. The van der Waals surface area contributed by atoms with Gasteiger partial charge in [0.2, 0.25) is 6.10 Å². The van der Waals surface area contributed by atoms with Gasteiger partial charge < -0.3 is 19.6 Å². The summed E-state index contributed by atoms with van der Waals surface area (Å²) < 4.78 is 16.9. The number of anilines is 1. The molecule has 0 amide bonds. The van der Waals surface area contributed by atoms with Crippen molar-refractivity contribution < 1.29 is 33.1 Å². The van der Waals surface area contributed by atoms with E-state index >= 15 is 0 Å². The highest BCUT2D eigenvalue weighted by Crippen LogP contribution is 2.35. The van der Waals surface area contributed by atoms with Crippen LogP contribution in [0.15, 0.2) is 16.5 Å². The fraction of sp³-hybridized carbons (Fsp3) is 0.522. The van der Waals surface area contributed by atoms with Gasteiger partial charge in [-0.05, 0) is 25.0 Å². The molecule has 0 aliphatic carbocycles. The summed E-state index contributed by atoms with van der Waals surface area (Å²) >= 11 is 3.23. The summed E-state index contributed by atoms with van der Waals surface area (Å²) in [7, 11) is 0. The Labute approximate surface area is 216 Å². The number of hydrogen-bond acceptors (Lipinski definition) is 12. The molecular formula is C23H30N2O7S3. The zero-order chi connectivity index (χ0) is 26.0. The summed E-state index contributed by atoms with van der Waals surface area (Å²) in [6, 6.07) is 3.16. The molecule has 0 spiro atoms. The Bertz CT molecular complexity index is 1030. The van der Waals surface area contributed by atoms with Crippen LogP contribution in [-0.2, 0) is 23.9 Å². The molecule has 0 fully saturated rings. The zero-order valence-electron chi connectivity index (χ0n) is 20.2. The number of hydrogen-bond donors (Lipinski definition) is 1. The summed E-state index contributed by atoms with van der Waals surface area (Å²) in [5.41, 5.74) is 6.23. The van der Waals surface area contributed by atoms with Gasteiger partial charge >= 0.3 is 5.97 Å². The first-order valence-electron chi connectivity index (χ1n) is 11.1. The van der Waals surface area contributed by atoms with Crippen molar-refractivity contribution in [3.63, 3.8) is 0 Å². The smallest absolute Gasteiger partial charge is 0.343 e. The van der Waals surface area contributed by atoms with Gasteiger partial charge in [0.05, 0.1) is 6.61 Å². The molecule has 2 N–H and O–H groups in total. The van der Waals surface area contributed by atoms with Crippen LogP contribution in [0.25, 0.3) is 11.5 Å². The minimum atomic E-state index is -1.19. The van der Waals surface area contributed by atoms with Crippen molar-refractivity contribution in [2.45, 2.75) is 46.6 Å². The predicted octanol–water partition coefficient (Wildman–Crippen LogP) is 4.76. The Morgan fingerprint density at radius 3 is 2.29 bits per heavy atom. The number of Topliss-reactive ketones (excluding diaryl/α,β-unsaturated/α-hetero) is 1. The second kappa shape index (κ2) is 14.4. The average molecular weight is 543 g/mol. The number of aromatic nitrogens is 1. The third kappa shape index (κ3) is 8.78. The van der Waals surface area contributed by atoms with Crippen molar-refractivity contribution in [1.82, 2.24) is 4.98 Å². The second-order valence-corrected chi connectivity index (χ2v) is 11.0. The van der Waals surface area contributed by atoms with Crippen molar-refractivity contribution in [2.75, 3.05) is 30.5 Å². The Balaban J connectivity index is 2.25. The van der Waals surface area contributed by atoms with E-state index in [2.05, 4.69) is 4.98 Å². The van der Waals surface area contributed by atoms with E-state index in [0.717, 1.165) is 34.9 Å². The molecule has 9 nitrogen and oxygen atoms in total. The van der Waals surface area contributed by atoms with E-state index in [9.17, 15) is 19.2 Å². The van der Waals surface area contributed by atoms with E-state index < -0.39 is 12.1 Å². The molecule has 0 aromatic carbocycles. The van der Waals surface area contributed by atoms with Crippen molar-refractivity contribution in [3.8, 4) is 11.5 Å². The molecule has 2 aromatic rings. The maximum absolute atomic E-state index is 13.0. The zero-order valence-corrected chi connectivity index (χ0v) is 22.6. The topological polar surface area (TPSA) is 139 Å². The molecule has 0 aliphatic heterocycles. The molecule has 35 heavy (non-hydrogen) atoms. The third-order valence-electron chi connectivity index (χ3n) is 4.86. The van der Waals surface area contributed by atoms with Crippen LogP contribution in [0.2, 0.25) is 0 Å². The molecule has 1 atom stereocenters. The van der Waals surface area contributed by atoms with Crippen LogP contribution in [0.3, 0.4) is 0 Å². The van der Waals surface area contributed by atoms with Gasteiger partial charge in [-0.1, -0.05) is 48.7 Å². The van der Waals surface area contributed by atoms with E-state index in [4.69, 9.17) is 19.6 Å². The molecule has 192 valence electrons. The summed E-state index contributed by atoms with van der Waals surface area (Å²) in [6.45, 7) is 6.91. The Morgan fingerprint density at radius 1 is 1.06 bits per heavy atom. The van der Waals surface area contributed by atoms with Crippen LogP contribution in [0.4, 0.5) is 5.13 Å². The largest absolute Gasteiger partial charge is 0.463 e. The van der Waals surface area contributed by atoms with Gasteiger partial charge in [-0.2, -0.15) is 0 Å². The monoisotopic (exact) mass is 542 g/mol. The number of rotatable bonds is 14. The maximum Gasteiger partial charge on any atom is 0.343 e. The van der Waals surface area contributed by atoms with Gasteiger partial charge in [0, 0.05) is 31.3 Å². The molecule has 0 radical (unpaired) electrons. The number of thiazole rings is 1. The lowest BCUT2D eigenvalue weighted by Crippen LogP contribution is -2.21. The second-order valence-electron chi connectivity index (χ2n) is 7.41. The quantitative estimate of drug-likeness (QED) is 0.201. The summed E-state index contributed by atoms with van der Waals surface area (Å²) in [5, 5.41) is 0.0980. The fourth-order valence-corrected chi connectivity index (χ4v) is 4.93. The van der Waals surface area contributed by atoms with Crippen molar-refractivity contribution >= 4 is 62.0 Å². The first-order valence-corrected chi connectivity index (χ1v) is 13.9. The van der Waals surface area contributed by atoms with Gasteiger partial charge in [-0.25, -0.2) is 9.78 Å². The number of carbonyl (C=O) groups is 4. The normalized spacial score (nSPS) is 12.0. The van der Waals surface area contributed by atoms with E-state index in [-0.39, 0.29) is 51.8 Å². The Hall–Kier alpha value is -2.15. The van der Waals surface area contributed by atoms with Crippen LogP contribution in [-0.4, -0.2) is 51.7 Å². The first-order chi connectivity index (χ1) is 16.7. The van der Waals surface area contributed by atoms with E-state index in [1.54, 1.807) is 12.1 Å². The molecule has 1 unspecified atom stereocenters. The van der Waals surface area contributed by atoms with Gasteiger partial charge in [-0.3, -0.25) is 14.4 Å². The van der Waals surface area contributed by atoms with Crippen molar-refractivity contribution in [3.05, 3.63) is 22.8 Å². The van der Waals surface area contributed by atoms with Gasteiger partial charge in [0.15, 0.2) is 26.9 Å². The van der Waals surface area contributed by atoms with Gasteiger partial charge in [0.25, 0.3) is 0 Å². The molecule has 2 aromatic heterocycles. The molecule has 0 aliphatic rings. The van der Waals surface area contributed by atoms with Crippen LogP contribution in [0.5, 0.6) is 0 Å². The van der Waals surface area contributed by atoms with Crippen LogP contribution < -0.4 is 5.73 Å². The number of nitrogen functional groups attached to an aromatic ring is 1. The Kier molecular flexibility index (Phi) is 12.0. The van der Waals surface area contributed by atoms with E-state index in [0.29, 0.717) is 34.9 Å². The number of ketones is 1. The lowest BCUT2D eigenvalue weighted by atomic mass is 9.96. The minimum absolute atomic E-state index is 0.0232. The van der Waals surface area contributed by atoms with Gasteiger partial charge in [-0.15, -0.1) is 0 Å². The maximum atomic E-state index is 13.0. The highest BCUT2D eigenvalue weighted by Gasteiger charge is 2.30. The fourth-order valence-electron chi connectivity index (χ4n) is 3.16. The van der Waals surface area contributed by atoms with Crippen LogP contribution in [0.1, 0.15) is 62.1 Å². The molecule has 2 heterocycles. The SMILES string of the molecule is CCC(CC)C(=O)c1sc(N)nc1-c1ccc(C(OCCSC(C)=O)C(=O)OCCSC(C)=O)o1. The molecular weight excluding hydrogens is 512 g/mol. The summed E-state index contributed by atoms with van der Waals surface area (Å²) in [6.07, 6.45) is 0.198. The number of furan rings is 1. The number of carbonyl (C=O) groups excluding carboxylic acids is 4. The lowest BCUT2D eigenvalue weighted by molar-refractivity contribution is -0.157. The van der Waals surface area contributed by atoms with Crippen LogP contribution in [0, 0.1) is 5.92 Å². The molecule has 2 rings (SSSR count). The summed E-state index contributed by atoms with van der Waals surface area (Å²) in [5.74, 6) is 0.238. The highest BCUT2D eigenvalue weighted by molar-refractivity contribution is 8.13. The average Bonchev–Trinajstić information content (AvgIpc) is 3.43. The highest BCUT2D eigenvalue weighted by atomic mass is 32.2. The minimum Gasteiger partial charge on any atom is -0.463 e. The predicted molar refractivity (Wildman–Crippen MR) is 139 cm³/mol. The lowest BCUT2D eigenvalue weighted by Gasteiger charge is -2.15. The van der Waals surface area contributed by atoms with E-state index in [1.165, 1.54) is 13.8 Å². The van der Waals surface area contributed by atoms with Crippen molar-refractivity contribution in [1.29, 1.82) is 0 Å². The van der Waals surface area contributed by atoms with Crippen molar-refractivity contribution in [2.24, 2.45) is 5.92 Å². The molecule has 0 saturated heterocycles. The summed E-state index contributed by atoms with van der Waals surface area (Å²) in [4.78, 5) is 52.7.